The van der Waals surface area contributed by atoms with Crippen LogP contribution in [0.2, 0.25) is 0 Å². The zero-order valence-corrected chi connectivity index (χ0v) is 16.9. The van der Waals surface area contributed by atoms with Gasteiger partial charge in [0.15, 0.2) is 6.10 Å². The number of benzene rings is 1. The first kappa shape index (κ1) is 21.7. The minimum Gasteiger partial charge on any atom is -0.451 e. The Labute approximate surface area is 166 Å². The van der Waals surface area contributed by atoms with E-state index >= 15 is 0 Å². The van der Waals surface area contributed by atoms with Gasteiger partial charge in [0.1, 0.15) is 6.04 Å². The van der Waals surface area contributed by atoms with E-state index in [0.29, 0.717) is 18.8 Å². The Hall–Kier alpha value is -2.57. The topological polar surface area (TPSA) is 87.7 Å². The van der Waals surface area contributed by atoms with Gasteiger partial charge in [0.05, 0.1) is 0 Å². The summed E-state index contributed by atoms with van der Waals surface area (Å²) in [6.07, 6.45) is 3.32. The minimum absolute atomic E-state index is 0.175. The lowest BCUT2D eigenvalue weighted by Crippen LogP contribution is -2.49. The number of carbonyl (C=O) groups is 3. The van der Waals surface area contributed by atoms with Gasteiger partial charge in [-0.2, -0.15) is 0 Å². The van der Waals surface area contributed by atoms with Crippen LogP contribution < -0.4 is 10.6 Å². The lowest BCUT2D eigenvalue weighted by atomic mass is 10.0. The lowest BCUT2D eigenvalue weighted by Gasteiger charge is -2.26. The molecule has 0 spiro atoms. The summed E-state index contributed by atoms with van der Waals surface area (Å²) in [5.41, 5.74) is 0.626. The summed E-state index contributed by atoms with van der Waals surface area (Å²) >= 11 is 0. The lowest BCUT2D eigenvalue weighted by molar-refractivity contribution is -0.161. The van der Waals surface area contributed by atoms with Crippen molar-refractivity contribution in [3.63, 3.8) is 0 Å². The van der Waals surface area contributed by atoms with Crippen molar-refractivity contribution in [2.45, 2.75) is 58.6 Å². The maximum Gasteiger partial charge on any atom is 0.329 e. The molecule has 2 N–H and O–H groups in total. The van der Waals surface area contributed by atoms with Crippen LogP contribution in [0.25, 0.3) is 0 Å². The Morgan fingerprint density at radius 3 is 2.14 bits per heavy atom. The van der Waals surface area contributed by atoms with Gasteiger partial charge in [0.25, 0.3) is 5.91 Å². The van der Waals surface area contributed by atoms with Crippen LogP contribution in [-0.2, 0) is 14.3 Å². The number of likely N-dealkylation sites (tertiary alicyclic amines) is 1. The molecular weight excluding hydrogens is 358 g/mol. The molecule has 1 aromatic carbocycles. The molecule has 1 aromatic rings. The highest BCUT2D eigenvalue weighted by atomic mass is 16.5. The number of hydrogen-bond acceptors (Lipinski definition) is 4. The molecule has 0 unspecified atom stereocenters. The molecular formula is C21H31N3O4. The van der Waals surface area contributed by atoms with E-state index in [1.54, 1.807) is 36.1 Å². The fourth-order valence-electron chi connectivity index (χ4n) is 3.17. The van der Waals surface area contributed by atoms with Crippen molar-refractivity contribution in [2.24, 2.45) is 5.92 Å². The van der Waals surface area contributed by atoms with E-state index < -0.39 is 24.1 Å². The molecule has 0 aromatic heterocycles. The second-order valence-corrected chi connectivity index (χ2v) is 7.50. The summed E-state index contributed by atoms with van der Waals surface area (Å²) in [7, 11) is 0. The molecule has 7 nitrogen and oxygen atoms in total. The first-order valence-electron chi connectivity index (χ1n) is 10.0. The van der Waals surface area contributed by atoms with Crippen molar-refractivity contribution in [1.29, 1.82) is 0 Å². The summed E-state index contributed by atoms with van der Waals surface area (Å²) in [6.45, 7) is 6.62. The number of amides is 3. The van der Waals surface area contributed by atoms with Crippen LogP contribution in [0.15, 0.2) is 30.3 Å². The highest BCUT2D eigenvalue weighted by Gasteiger charge is 2.30. The first-order chi connectivity index (χ1) is 13.4. The zero-order valence-electron chi connectivity index (χ0n) is 16.9. The van der Waals surface area contributed by atoms with Crippen LogP contribution >= 0.6 is 0 Å². The van der Waals surface area contributed by atoms with Crippen molar-refractivity contribution in [1.82, 2.24) is 10.2 Å². The van der Waals surface area contributed by atoms with Crippen LogP contribution in [0.4, 0.5) is 10.5 Å². The standard InChI is InChI=1S/C21H31N3O4/c1-15(2)18(23-21(27)22-17-11-7-6-8-12-17)20(26)28-16(3)19(25)24-13-9-4-5-10-14-24/h6-8,11-12,15-16,18H,4-5,9-10,13-14H2,1-3H3,(H2,22,23,27)/t16-,18+/m0/s1. The Morgan fingerprint density at radius 2 is 1.57 bits per heavy atom. The Morgan fingerprint density at radius 1 is 0.964 bits per heavy atom. The smallest absolute Gasteiger partial charge is 0.329 e. The van der Waals surface area contributed by atoms with Crippen molar-refractivity contribution in [2.75, 3.05) is 18.4 Å². The Balaban J connectivity index is 1.92. The number of para-hydroxylation sites is 1. The van der Waals surface area contributed by atoms with Crippen LogP contribution in [0.1, 0.15) is 46.5 Å². The van der Waals surface area contributed by atoms with Gasteiger partial charge >= 0.3 is 12.0 Å². The predicted molar refractivity (Wildman–Crippen MR) is 108 cm³/mol. The molecule has 0 bridgehead atoms. The van der Waals surface area contributed by atoms with E-state index in [1.165, 1.54) is 0 Å². The van der Waals surface area contributed by atoms with E-state index in [0.717, 1.165) is 25.7 Å². The minimum atomic E-state index is -0.870. The number of esters is 1. The predicted octanol–water partition coefficient (Wildman–Crippen LogP) is 3.17. The highest BCUT2D eigenvalue weighted by Crippen LogP contribution is 2.13. The molecule has 154 valence electrons. The second kappa shape index (κ2) is 10.7. The number of ether oxygens (including phenoxy) is 1. The molecule has 1 saturated heterocycles. The third-order valence-electron chi connectivity index (χ3n) is 4.80. The number of urea groups is 1. The molecule has 1 fully saturated rings. The SMILES string of the molecule is CC(C)[C@@H](NC(=O)Nc1ccccc1)C(=O)O[C@@H](C)C(=O)N1CCCCCC1. The van der Waals surface area contributed by atoms with Crippen molar-refractivity contribution >= 4 is 23.6 Å². The van der Waals surface area contributed by atoms with E-state index in [-0.39, 0.29) is 11.8 Å². The van der Waals surface area contributed by atoms with Crippen molar-refractivity contribution in [3.05, 3.63) is 30.3 Å². The molecule has 1 aliphatic rings. The number of nitrogens with zero attached hydrogens (tertiary/aromatic N) is 1. The number of hydrogen-bond donors (Lipinski definition) is 2. The fourth-order valence-corrected chi connectivity index (χ4v) is 3.17. The summed E-state index contributed by atoms with van der Waals surface area (Å²) in [5.74, 6) is -0.963. The largest absolute Gasteiger partial charge is 0.451 e. The third-order valence-corrected chi connectivity index (χ3v) is 4.80. The Kier molecular flexibility index (Phi) is 8.29. The van der Waals surface area contributed by atoms with Crippen LogP contribution in [0, 0.1) is 5.92 Å². The van der Waals surface area contributed by atoms with Crippen LogP contribution in [-0.4, -0.2) is 48.0 Å². The van der Waals surface area contributed by atoms with Gasteiger partial charge < -0.3 is 20.3 Å². The molecule has 1 aliphatic heterocycles. The number of nitrogens with one attached hydrogen (secondary N) is 2. The summed E-state index contributed by atoms with van der Waals surface area (Å²) in [4.78, 5) is 39.2. The number of anilines is 1. The van der Waals surface area contributed by atoms with Gasteiger partial charge in [0, 0.05) is 18.8 Å². The maximum absolute atomic E-state index is 12.6. The summed E-state index contributed by atoms with van der Waals surface area (Å²) in [5, 5.41) is 5.33. The molecule has 0 radical (unpaired) electrons. The van der Waals surface area contributed by atoms with Gasteiger partial charge in [-0.05, 0) is 37.8 Å². The van der Waals surface area contributed by atoms with Gasteiger partial charge in [-0.25, -0.2) is 9.59 Å². The van der Waals surface area contributed by atoms with Crippen molar-refractivity contribution in [3.8, 4) is 0 Å². The summed E-state index contributed by atoms with van der Waals surface area (Å²) < 4.78 is 5.41. The third kappa shape index (κ3) is 6.55. The number of rotatable bonds is 6. The quantitative estimate of drug-likeness (QED) is 0.732. The van der Waals surface area contributed by atoms with Gasteiger partial charge in [-0.3, -0.25) is 4.79 Å². The van der Waals surface area contributed by atoms with Gasteiger partial charge in [-0.15, -0.1) is 0 Å². The van der Waals surface area contributed by atoms with Crippen molar-refractivity contribution < 1.29 is 19.1 Å². The number of carbonyl (C=O) groups excluding carboxylic acids is 3. The van der Waals surface area contributed by atoms with Gasteiger partial charge in [-0.1, -0.05) is 44.9 Å². The monoisotopic (exact) mass is 389 g/mol. The molecule has 0 aliphatic carbocycles. The molecule has 1 heterocycles. The highest BCUT2D eigenvalue weighted by molar-refractivity contribution is 5.93. The van der Waals surface area contributed by atoms with Gasteiger partial charge in [0.2, 0.25) is 0 Å². The molecule has 2 rings (SSSR count). The van der Waals surface area contributed by atoms with E-state index in [9.17, 15) is 14.4 Å². The van der Waals surface area contributed by atoms with Crippen LogP contribution in [0.3, 0.4) is 0 Å². The molecule has 2 atom stereocenters. The molecule has 3 amide bonds. The first-order valence-corrected chi connectivity index (χ1v) is 10.0. The van der Waals surface area contributed by atoms with E-state index in [4.69, 9.17) is 4.74 Å². The maximum atomic E-state index is 12.6. The molecule has 7 heteroatoms. The molecule has 0 saturated carbocycles. The fraction of sp³-hybridized carbons (Fsp3) is 0.571. The Bertz CT molecular complexity index is 655. The second-order valence-electron chi connectivity index (χ2n) is 7.50. The summed E-state index contributed by atoms with van der Waals surface area (Å²) in [6, 6.07) is 7.63. The van der Waals surface area contributed by atoms with E-state index in [1.807, 2.05) is 19.9 Å². The molecule has 28 heavy (non-hydrogen) atoms. The zero-order chi connectivity index (χ0) is 20.5. The average Bonchev–Trinajstić information content (AvgIpc) is 2.95. The normalized spacial score (nSPS) is 16.6. The average molecular weight is 389 g/mol. The van der Waals surface area contributed by atoms with Crippen LogP contribution in [0.5, 0.6) is 0 Å². The van der Waals surface area contributed by atoms with E-state index in [2.05, 4.69) is 10.6 Å².